The lowest BCUT2D eigenvalue weighted by Crippen LogP contribution is -2.21. The van der Waals surface area contributed by atoms with Crippen LogP contribution in [0, 0.1) is 0 Å². The van der Waals surface area contributed by atoms with Gasteiger partial charge in [0.25, 0.3) is 0 Å². The molecular formula is C20H25NO4. The zero-order valence-electron chi connectivity index (χ0n) is 15.0. The van der Waals surface area contributed by atoms with Gasteiger partial charge in [-0.3, -0.25) is 0 Å². The van der Waals surface area contributed by atoms with E-state index in [0.717, 1.165) is 17.1 Å². The molecule has 1 aromatic rings. The van der Waals surface area contributed by atoms with Crippen molar-refractivity contribution < 1.29 is 19.0 Å². The minimum atomic E-state index is -0.313. The number of rotatable bonds is 6. The summed E-state index contributed by atoms with van der Waals surface area (Å²) in [7, 11) is 3.35. The van der Waals surface area contributed by atoms with E-state index in [2.05, 4.69) is 11.4 Å². The molecule has 0 saturated heterocycles. The molecule has 0 amide bonds. The van der Waals surface area contributed by atoms with E-state index in [9.17, 15) is 4.79 Å². The fourth-order valence-electron chi connectivity index (χ4n) is 3.25. The summed E-state index contributed by atoms with van der Waals surface area (Å²) in [5, 5.41) is 3.27. The highest BCUT2D eigenvalue weighted by Crippen LogP contribution is 2.46. The highest BCUT2D eigenvalue weighted by Gasteiger charge is 2.27. The molecule has 0 spiro atoms. The molecule has 1 fully saturated rings. The van der Waals surface area contributed by atoms with Crippen LogP contribution in [0.4, 0.5) is 0 Å². The van der Waals surface area contributed by atoms with Crippen molar-refractivity contribution in [3.63, 3.8) is 0 Å². The third kappa shape index (κ3) is 3.50. The average Bonchev–Trinajstić information content (AvgIpc) is 2.60. The zero-order chi connectivity index (χ0) is 17.8. The van der Waals surface area contributed by atoms with E-state index in [1.54, 1.807) is 33.4 Å². The smallest absolute Gasteiger partial charge is 0.339 e. The van der Waals surface area contributed by atoms with Crippen LogP contribution in [0.25, 0.3) is 0 Å². The molecule has 3 rings (SSSR count). The van der Waals surface area contributed by atoms with Crippen molar-refractivity contribution >= 4 is 5.97 Å². The number of hydrogen-bond donors (Lipinski definition) is 1. The number of benzene rings is 1. The first kappa shape index (κ1) is 17.4. The normalized spacial score (nSPS) is 19.5. The maximum atomic E-state index is 11.8. The molecular weight excluding hydrogens is 318 g/mol. The quantitative estimate of drug-likeness (QED) is 0.800. The lowest BCUT2D eigenvalue weighted by molar-refractivity contribution is -0.138. The SMILES string of the molecule is CCOC(=O)C1=CNC(c2cc(OC)c(OC)c(C3CCC3)c2)C=C1. The number of methoxy groups -OCH3 is 2. The Bertz CT molecular complexity index is 704. The Balaban J connectivity index is 1.86. The van der Waals surface area contributed by atoms with Crippen molar-refractivity contribution in [1.82, 2.24) is 5.32 Å². The van der Waals surface area contributed by atoms with Crippen LogP contribution in [0.1, 0.15) is 49.3 Å². The van der Waals surface area contributed by atoms with Gasteiger partial charge in [0.2, 0.25) is 0 Å². The van der Waals surface area contributed by atoms with Crippen LogP contribution >= 0.6 is 0 Å². The van der Waals surface area contributed by atoms with Gasteiger partial charge in [0.05, 0.1) is 32.4 Å². The summed E-state index contributed by atoms with van der Waals surface area (Å²) >= 11 is 0. The predicted octanol–water partition coefficient (Wildman–Crippen LogP) is 3.62. The zero-order valence-corrected chi connectivity index (χ0v) is 15.0. The Morgan fingerprint density at radius 2 is 2.04 bits per heavy atom. The number of ether oxygens (including phenoxy) is 3. The van der Waals surface area contributed by atoms with Crippen molar-refractivity contribution in [3.8, 4) is 11.5 Å². The van der Waals surface area contributed by atoms with E-state index in [-0.39, 0.29) is 12.0 Å². The first-order valence-corrected chi connectivity index (χ1v) is 8.75. The molecule has 1 saturated carbocycles. The number of hydrogen-bond acceptors (Lipinski definition) is 5. The van der Waals surface area contributed by atoms with E-state index < -0.39 is 0 Å². The lowest BCUT2D eigenvalue weighted by Gasteiger charge is -2.29. The van der Waals surface area contributed by atoms with Crippen LogP contribution in [-0.4, -0.2) is 26.8 Å². The van der Waals surface area contributed by atoms with Gasteiger partial charge in [-0.25, -0.2) is 4.79 Å². The molecule has 25 heavy (non-hydrogen) atoms. The van der Waals surface area contributed by atoms with Crippen LogP contribution in [0.15, 0.2) is 36.1 Å². The maximum Gasteiger partial charge on any atom is 0.339 e. The molecule has 2 aliphatic rings. The third-order valence-electron chi connectivity index (χ3n) is 4.83. The fraction of sp³-hybridized carbons (Fsp3) is 0.450. The van der Waals surface area contributed by atoms with Gasteiger partial charge < -0.3 is 19.5 Å². The first-order valence-electron chi connectivity index (χ1n) is 8.75. The summed E-state index contributed by atoms with van der Waals surface area (Å²) in [5.41, 5.74) is 2.83. The lowest BCUT2D eigenvalue weighted by atomic mass is 9.78. The molecule has 5 nitrogen and oxygen atoms in total. The second kappa shape index (κ2) is 7.64. The minimum Gasteiger partial charge on any atom is -0.493 e. The maximum absolute atomic E-state index is 11.8. The van der Waals surface area contributed by atoms with Crippen LogP contribution in [-0.2, 0) is 9.53 Å². The highest BCUT2D eigenvalue weighted by molar-refractivity contribution is 5.91. The second-order valence-corrected chi connectivity index (χ2v) is 6.30. The van der Waals surface area contributed by atoms with Crippen LogP contribution < -0.4 is 14.8 Å². The molecule has 0 aromatic heterocycles. The topological polar surface area (TPSA) is 56.8 Å². The molecule has 1 atom stereocenters. The van der Waals surface area contributed by atoms with Gasteiger partial charge in [0.15, 0.2) is 11.5 Å². The Morgan fingerprint density at radius 1 is 1.24 bits per heavy atom. The summed E-state index contributed by atoms with van der Waals surface area (Å²) in [4.78, 5) is 11.8. The third-order valence-corrected chi connectivity index (χ3v) is 4.83. The Kier molecular flexibility index (Phi) is 5.31. The molecule has 1 unspecified atom stereocenters. The van der Waals surface area contributed by atoms with E-state index in [1.807, 2.05) is 12.1 Å². The van der Waals surface area contributed by atoms with Crippen molar-refractivity contribution in [2.24, 2.45) is 0 Å². The monoisotopic (exact) mass is 343 g/mol. The second-order valence-electron chi connectivity index (χ2n) is 6.30. The number of dihydropyridines is 1. The predicted molar refractivity (Wildman–Crippen MR) is 95.9 cm³/mol. The van der Waals surface area contributed by atoms with Gasteiger partial charge in [-0.1, -0.05) is 12.5 Å². The first-order chi connectivity index (χ1) is 12.2. The van der Waals surface area contributed by atoms with E-state index >= 15 is 0 Å². The summed E-state index contributed by atoms with van der Waals surface area (Å²) in [6, 6.07) is 4.17. The number of carbonyl (C=O) groups excluding carboxylic acids is 1. The Morgan fingerprint density at radius 3 is 2.56 bits per heavy atom. The molecule has 5 heteroatoms. The molecule has 1 heterocycles. The van der Waals surface area contributed by atoms with E-state index in [0.29, 0.717) is 18.1 Å². The molecule has 0 radical (unpaired) electrons. The van der Waals surface area contributed by atoms with Crippen molar-refractivity contribution in [2.45, 2.75) is 38.1 Å². The van der Waals surface area contributed by atoms with Gasteiger partial charge in [0, 0.05) is 11.8 Å². The largest absolute Gasteiger partial charge is 0.493 e. The van der Waals surface area contributed by atoms with Gasteiger partial charge in [0.1, 0.15) is 0 Å². The minimum absolute atomic E-state index is 0.0168. The van der Waals surface area contributed by atoms with Gasteiger partial charge in [-0.2, -0.15) is 0 Å². The van der Waals surface area contributed by atoms with Crippen molar-refractivity contribution in [1.29, 1.82) is 0 Å². The van der Waals surface area contributed by atoms with Gasteiger partial charge in [-0.05, 0) is 49.5 Å². The Hall–Kier alpha value is -2.43. The summed E-state index contributed by atoms with van der Waals surface area (Å²) < 4.78 is 16.2. The number of nitrogens with one attached hydrogen (secondary N) is 1. The summed E-state index contributed by atoms with van der Waals surface area (Å²) in [5.74, 6) is 1.80. The van der Waals surface area contributed by atoms with Crippen LogP contribution in [0.3, 0.4) is 0 Å². The van der Waals surface area contributed by atoms with Crippen LogP contribution in [0.2, 0.25) is 0 Å². The van der Waals surface area contributed by atoms with Gasteiger partial charge in [-0.15, -0.1) is 0 Å². The van der Waals surface area contributed by atoms with Gasteiger partial charge >= 0.3 is 5.97 Å². The van der Waals surface area contributed by atoms with E-state index in [4.69, 9.17) is 14.2 Å². The average molecular weight is 343 g/mol. The standard InChI is InChI=1S/C20H25NO4/c1-4-25-20(22)14-8-9-17(21-12-14)15-10-16(13-6-5-7-13)19(24-3)18(11-15)23-2/h8-13,17,21H,4-7H2,1-3H3. The molecule has 1 aliphatic carbocycles. The number of carbonyl (C=O) groups is 1. The highest BCUT2D eigenvalue weighted by atomic mass is 16.5. The van der Waals surface area contributed by atoms with Crippen LogP contribution in [0.5, 0.6) is 11.5 Å². The molecule has 0 bridgehead atoms. The summed E-state index contributed by atoms with van der Waals surface area (Å²) in [6.07, 6.45) is 9.11. The molecule has 1 aliphatic heterocycles. The van der Waals surface area contributed by atoms with Crippen molar-refractivity contribution in [3.05, 3.63) is 47.2 Å². The Labute approximate surface area is 148 Å². The number of esters is 1. The van der Waals surface area contributed by atoms with E-state index in [1.165, 1.54) is 24.8 Å². The molecule has 1 N–H and O–H groups in total. The molecule has 1 aromatic carbocycles. The fourth-order valence-corrected chi connectivity index (χ4v) is 3.25. The molecule has 134 valence electrons. The summed E-state index contributed by atoms with van der Waals surface area (Å²) in [6.45, 7) is 2.17. The van der Waals surface area contributed by atoms with Crippen molar-refractivity contribution in [2.75, 3.05) is 20.8 Å².